The minimum atomic E-state index is -4.55. The van der Waals surface area contributed by atoms with Crippen LogP contribution in [0.15, 0.2) is 35.1 Å². The molecule has 0 unspecified atom stereocenters. The molecular formula is C13H12F3N3O2. The van der Waals surface area contributed by atoms with Crippen LogP contribution >= 0.6 is 0 Å². The number of benzene rings is 1. The van der Waals surface area contributed by atoms with Gasteiger partial charge in [-0.15, -0.1) is 0 Å². The number of hydrogen-bond acceptors (Lipinski definition) is 4. The topological polar surface area (TPSA) is 67.2 Å². The highest BCUT2D eigenvalue weighted by Gasteiger charge is 2.34. The van der Waals surface area contributed by atoms with Crippen LogP contribution in [-0.4, -0.2) is 17.6 Å². The fourth-order valence-corrected chi connectivity index (χ4v) is 1.73. The van der Waals surface area contributed by atoms with Crippen molar-refractivity contribution in [1.29, 1.82) is 0 Å². The van der Waals surface area contributed by atoms with Gasteiger partial charge in [-0.05, 0) is 25.1 Å². The lowest BCUT2D eigenvalue weighted by atomic mass is 10.1. The molecule has 8 heteroatoms. The van der Waals surface area contributed by atoms with E-state index in [9.17, 15) is 18.0 Å². The zero-order valence-corrected chi connectivity index (χ0v) is 11.0. The highest BCUT2D eigenvalue weighted by atomic mass is 19.4. The number of carbonyl (C=O) groups is 1. The predicted octanol–water partition coefficient (Wildman–Crippen LogP) is 3.38. The molecule has 1 heterocycles. The van der Waals surface area contributed by atoms with E-state index in [4.69, 9.17) is 0 Å². The molecule has 0 radical (unpaired) electrons. The predicted molar refractivity (Wildman–Crippen MR) is 70.1 cm³/mol. The molecule has 0 bridgehead atoms. The van der Waals surface area contributed by atoms with Gasteiger partial charge >= 0.3 is 6.18 Å². The van der Waals surface area contributed by atoms with Crippen molar-refractivity contribution in [3.63, 3.8) is 0 Å². The Morgan fingerprint density at radius 3 is 2.67 bits per heavy atom. The van der Waals surface area contributed by atoms with Gasteiger partial charge in [0.25, 0.3) is 5.91 Å². The van der Waals surface area contributed by atoms with Gasteiger partial charge in [0.05, 0.1) is 5.56 Å². The van der Waals surface area contributed by atoms with Crippen LogP contribution in [0, 0.1) is 0 Å². The molecule has 1 amide bonds. The fourth-order valence-electron chi connectivity index (χ4n) is 1.73. The molecule has 112 valence electrons. The number of nitrogens with zero attached hydrogens (tertiary/aromatic N) is 1. The third-order valence-corrected chi connectivity index (χ3v) is 2.63. The zero-order valence-electron chi connectivity index (χ0n) is 11.0. The maximum atomic E-state index is 13.0. The highest BCUT2D eigenvalue weighted by Crippen LogP contribution is 2.35. The lowest BCUT2D eigenvalue weighted by Crippen LogP contribution is -2.16. The van der Waals surface area contributed by atoms with Crippen molar-refractivity contribution in [2.75, 3.05) is 17.2 Å². The molecule has 0 saturated carbocycles. The average Bonchev–Trinajstić information content (AvgIpc) is 2.91. The number of halogens is 3. The number of hydrogen-bond donors (Lipinski definition) is 2. The monoisotopic (exact) mass is 299 g/mol. The maximum absolute atomic E-state index is 13.0. The Bertz CT molecular complexity index is 624. The second-order valence-corrected chi connectivity index (χ2v) is 4.13. The molecular weight excluding hydrogens is 287 g/mol. The van der Waals surface area contributed by atoms with E-state index in [-0.39, 0.29) is 17.1 Å². The molecule has 0 aliphatic heterocycles. The summed E-state index contributed by atoms with van der Waals surface area (Å²) in [7, 11) is 0. The van der Waals surface area contributed by atoms with E-state index in [0.717, 1.165) is 6.07 Å². The van der Waals surface area contributed by atoms with Crippen LogP contribution < -0.4 is 10.6 Å². The molecule has 2 N–H and O–H groups in total. The van der Waals surface area contributed by atoms with Crippen LogP contribution in [-0.2, 0) is 6.18 Å². The van der Waals surface area contributed by atoms with Gasteiger partial charge < -0.3 is 15.2 Å². The third-order valence-electron chi connectivity index (χ3n) is 2.63. The molecule has 2 rings (SSSR count). The minimum Gasteiger partial charge on any atom is -0.385 e. The Balaban J connectivity index is 2.30. The second kappa shape index (κ2) is 5.86. The van der Waals surface area contributed by atoms with E-state index in [0.29, 0.717) is 6.54 Å². The van der Waals surface area contributed by atoms with E-state index in [1.54, 1.807) is 6.92 Å². The van der Waals surface area contributed by atoms with Crippen LogP contribution in [0.2, 0.25) is 0 Å². The van der Waals surface area contributed by atoms with E-state index in [2.05, 4.69) is 20.3 Å². The van der Waals surface area contributed by atoms with Gasteiger partial charge in [-0.3, -0.25) is 4.79 Å². The van der Waals surface area contributed by atoms with Gasteiger partial charge in [-0.2, -0.15) is 13.2 Å². The normalized spacial score (nSPS) is 11.2. The number of rotatable bonds is 4. The highest BCUT2D eigenvalue weighted by molar-refractivity contribution is 6.04. The molecule has 1 aromatic heterocycles. The van der Waals surface area contributed by atoms with Crippen LogP contribution in [0.3, 0.4) is 0 Å². The average molecular weight is 299 g/mol. The first-order chi connectivity index (χ1) is 9.91. The molecule has 0 fully saturated rings. The molecule has 0 spiro atoms. The molecule has 0 atom stereocenters. The number of carbonyl (C=O) groups excluding carboxylic acids is 1. The molecule has 0 saturated heterocycles. The standard InChI is InChI=1S/C13H12F3N3O2/c1-2-17-10-4-3-8(7-9(10)13(14,15)16)12(20)18-11-5-6-21-19-11/h3-7,17H,2H2,1H3,(H,18,19,20). The fraction of sp³-hybridized carbons (Fsp3) is 0.231. The zero-order chi connectivity index (χ0) is 15.5. The van der Waals surface area contributed by atoms with E-state index >= 15 is 0 Å². The summed E-state index contributed by atoms with van der Waals surface area (Å²) in [6, 6.07) is 4.72. The van der Waals surface area contributed by atoms with Crippen LogP contribution in [0.25, 0.3) is 0 Å². The largest absolute Gasteiger partial charge is 0.418 e. The van der Waals surface area contributed by atoms with Crippen molar-refractivity contribution in [3.05, 3.63) is 41.7 Å². The van der Waals surface area contributed by atoms with Gasteiger partial charge in [0.15, 0.2) is 5.82 Å². The summed E-state index contributed by atoms with van der Waals surface area (Å²) >= 11 is 0. The maximum Gasteiger partial charge on any atom is 0.418 e. The summed E-state index contributed by atoms with van der Waals surface area (Å²) in [4.78, 5) is 11.9. The van der Waals surface area contributed by atoms with Crippen molar-refractivity contribution in [1.82, 2.24) is 5.16 Å². The third kappa shape index (κ3) is 3.53. The first-order valence-corrected chi connectivity index (χ1v) is 6.08. The van der Waals surface area contributed by atoms with Gasteiger partial charge in [0.2, 0.25) is 0 Å². The number of alkyl halides is 3. The molecule has 2 aromatic rings. The number of anilines is 2. The van der Waals surface area contributed by atoms with E-state index in [1.165, 1.54) is 24.5 Å². The van der Waals surface area contributed by atoms with Crippen molar-refractivity contribution >= 4 is 17.4 Å². The van der Waals surface area contributed by atoms with Crippen LogP contribution in [0.4, 0.5) is 24.7 Å². The van der Waals surface area contributed by atoms with Gasteiger partial charge in [0.1, 0.15) is 6.26 Å². The first kappa shape index (κ1) is 14.9. The number of amides is 1. The van der Waals surface area contributed by atoms with E-state index < -0.39 is 17.6 Å². The lowest BCUT2D eigenvalue weighted by Gasteiger charge is -2.15. The number of aromatic nitrogens is 1. The van der Waals surface area contributed by atoms with E-state index in [1.807, 2.05) is 0 Å². The molecule has 0 aliphatic rings. The Hall–Kier alpha value is -2.51. The first-order valence-electron chi connectivity index (χ1n) is 6.08. The van der Waals surface area contributed by atoms with Gasteiger partial charge in [0, 0.05) is 23.9 Å². The van der Waals surface area contributed by atoms with Crippen LogP contribution in [0.5, 0.6) is 0 Å². The summed E-state index contributed by atoms with van der Waals surface area (Å²) in [6.45, 7) is 2.03. The number of nitrogens with one attached hydrogen (secondary N) is 2. The summed E-state index contributed by atoms with van der Waals surface area (Å²) in [5, 5.41) is 8.41. The van der Waals surface area contributed by atoms with Gasteiger partial charge in [-0.25, -0.2) is 0 Å². The Kier molecular flexibility index (Phi) is 4.15. The SMILES string of the molecule is CCNc1ccc(C(=O)Nc2ccon2)cc1C(F)(F)F. The minimum absolute atomic E-state index is 0.0667. The quantitative estimate of drug-likeness (QED) is 0.908. The second-order valence-electron chi connectivity index (χ2n) is 4.13. The van der Waals surface area contributed by atoms with Crippen molar-refractivity contribution in [2.24, 2.45) is 0 Å². The molecule has 21 heavy (non-hydrogen) atoms. The van der Waals surface area contributed by atoms with Crippen LogP contribution in [0.1, 0.15) is 22.8 Å². The Morgan fingerprint density at radius 2 is 2.10 bits per heavy atom. The Labute approximate surface area is 118 Å². The smallest absolute Gasteiger partial charge is 0.385 e. The van der Waals surface area contributed by atoms with Gasteiger partial charge in [-0.1, -0.05) is 5.16 Å². The van der Waals surface area contributed by atoms with Crippen molar-refractivity contribution in [2.45, 2.75) is 13.1 Å². The molecule has 0 aliphatic carbocycles. The lowest BCUT2D eigenvalue weighted by molar-refractivity contribution is -0.137. The summed E-state index contributed by atoms with van der Waals surface area (Å²) in [5.74, 6) is -0.568. The Morgan fingerprint density at radius 1 is 1.33 bits per heavy atom. The summed E-state index contributed by atoms with van der Waals surface area (Å²) < 4.78 is 43.5. The molecule has 5 nitrogen and oxygen atoms in total. The van der Waals surface area contributed by atoms with Crippen molar-refractivity contribution in [3.8, 4) is 0 Å². The summed E-state index contributed by atoms with van der Waals surface area (Å²) in [5.41, 5.74) is -1.08. The molecule has 1 aromatic carbocycles. The summed E-state index contributed by atoms with van der Waals surface area (Å²) in [6.07, 6.45) is -3.31. The van der Waals surface area contributed by atoms with Crippen molar-refractivity contribution < 1.29 is 22.5 Å².